The SMILES string of the molecule is C=CC(=O)NC[C@H]1CCC[C@H]1NC(=O)c1sc2nccc3c2c1NC(=O)N3c1ccc(OC2CCOCC2)cc1C. The molecule has 2 aromatic heterocycles. The van der Waals surface area contributed by atoms with Crippen molar-refractivity contribution in [3.05, 3.63) is 53.6 Å². The maximum Gasteiger partial charge on any atom is 0.331 e. The average molecular weight is 576 g/mol. The number of hydrogen-bond donors (Lipinski definition) is 3. The van der Waals surface area contributed by atoms with Crippen molar-refractivity contribution in [2.75, 3.05) is 30.0 Å². The van der Waals surface area contributed by atoms with Gasteiger partial charge in [0.25, 0.3) is 5.91 Å². The first kappa shape index (κ1) is 27.2. The van der Waals surface area contributed by atoms with Crippen LogP contribution in [0.25, 0.3) is 10.2 Å². The zero-order valence-electron chi connectivity index (χ0n) is 22.9. The van der Waals surface area contributed by atoms with E-state index in [1.54, 1.807) is 17.2 Å². The van der Waals surface area contributed by atoms with Gasteiger partial charge in [0.2, 0.25) is 5.91 Å². The van der Waals surface area contributed by atoms with Gasteiger partial charge >= 0.3 is 6.03 Å². The van der Waals surface area contributed by atoms with Crippen LogP contribution >= 0.6 is 11.3 Å². The number of anilines is 3. The van der Waals surface area contributed by atoms with Gasteiger partial charge in [-0.3, -0.25) is 14.5 Å². The Hall–Kier alpha value is -3.96. The molecule has 4 heterocycles. The number of benzene rings is 1. The van der Waals surface area contributed by atoms with Crippen LogP contribution in [0.15, 0.2) is 43.1 Å². The number of ether oxygens (including phenoxy) is 2. The van der Waals surface area contributed by atoms with Crippen molar-refractivity contribution in [3.63, 3.8) is 0 Å². The fraction of sp³-hybridized carbons (Fsp3) is 0.400. The number of rotatable bonds is 8. The Bertz CT molecular complexity index is 1510. The molecule has 6 rings (SSSR count). The van der Waals surface area contributed by atoms with E-state index in [0.717, 1.165) is 54.5 Å². The minimum atomic E-state index is -0.343. The van der Waals surface area contributed by atoms with Crippen molar-refractivity contribution in [2.24, 2.45) is 5.92 Å². The van der Waals surface area contributed by atoms with Crippen LogP contribution in [0.5, 0.6) is 5.75 Å². The van der Waals surface area contributed by atoms with Crippen molar-refractivity contribution >= 4 is 56.5 Å². The van der Waals surface area contributed by atoms with E-state index in [9.17, 15) is 14.4 Å². The lowest BCUT2D eigenvalue weighted by Gasteiger charge is -2.30. The number of aryl methyl sites for hydroxylation is 1. The molecule has 3 N–H and O–H groups in total. The number of nitrogens with zero attached hydrogens (tertiary/aromatic N) is 2. The molecule has 0 spiro atoms. The molecule has 11 heteroatoms. The number of pyridine rings is 1. The van der Waals surface area contributed by atoms with Crippen molar-refractivity contribution < 1.29 is 23.9 Å². The molecule has 1 aromatic carbocycles. The zero-order valence-corrected chi connectivity index (χ0v) is 23.7. The van der Waals surface area contributed by atoms with Crippen LogP contribution in [0.3, 0.4) is 0 Å². The predicted molar refractivity (Wildman–Crippen MR) is 158 cm³/mol. The Morgan fingerprint density at radius 1 is 1.22 bits per heavy atom. The van der Waals surface area contributed by atoms with Crippen molar-refractivity contribution in [1.29, 1.82) is 0 Å². The van der Waals surface area contributed by atoms with Crippen LogP contribution in [0.4, 0.5) is 21.9 Å². The summed E-state index contributed by atoms with van der Waals surface area (Å²) in [5, 5.41) is 9.71. The lowest BCUT2D eigenvalue weighted by molar-refractivity contribution is -0.116. The second-order valence-electron chi connectivity index (χ2n) is 10.7. The molecule has 1 saturated heterocycles. The van der Waals surface area contributed by atoms with Gasteiger partial charge in [0, 0.05) is 31.6 Å². The summed E-state index contributed by atoms with van der Waals surface area (Å²) in [5.74, 6) is 0.424. The highest BCUT2D eigenvalue weighted by atomic mass is 32.1. The van der Waals surface area contributed by atoms with Crippen LogP contribution in [0.1, 0.15) is 47.3 Å². The van der Waals surface area contributed by atoms with E-state index in [2.05, 4.69) is 27.5 Å². The third kappa shape index (κ3) is 5.39. The lowest BCUT2D eigenvalue weighted by atomic mass is 10.0. The lowest BCUT2D eigenvalue weighted by Crippen LogP contribution is -2.42. The Morgan fingerprint density at radius 2 is 2.05 bits per heavy atom. The zero-order chi connectivity index (χ0) is 28.5. The maximum absolute atomic E-state index is 13.6. The third-order valence-electron chi connectivity index (χ3n) is 8.03. The van der Waals surface area contributed by atoms with E-state index in [1.807, 2.05) is 25.1 Å². The van der Waals surface area contributed by atoms with Gasteiger partial charge in [-0.15, -0.1) is 11.3 Å². The van der Waals surface area contributed by atoms with Crippen LogP contribution in [-0.2, 0) is 9.53 Å². The minimum Gasteiger partial charge on any atom is -0.490 e. The molecular formula is C30H33N5O5S. The molecule has 2 atom stereocenters. The Morgan fingerprint density at radius 3 is 2.83 bits per heavy atom. The van der Waals surface area contributed by atoms with E-state index < -0.39 is 0 Å². The van der Waals surface area contributed by atoms with Gasteiger partial charge in [-0.2, -0.15) is 0 Å². The fourth-order valence-corrected chi connectivity index (χ4v) is 6.95. The minimum absolute atomic E-state index is 0.0715. The van der Waals surface area contributed by atoms with E-state index in [-0.39, 0.29) is 35.9 Å². The first-order chi connectivity index (χ1) is 19.9. The first-order valence-electron chi connectivity index (χ1n) is 14.0. The Labute approximate surface area is 242 Å². The summed E-state index contributed by atoms with van der Waals surface area (Å²) in [7, 11) is 0. The van der Waals surface area contributed by atoms with Gasteiger partial charge in [0.15, 0.2) is 0 Å². The largest absolute Gasteiger partial charge is 0.490 e. The number of aromatic nitrogens is 1. The molecule has 41 heavy (non-hydrogen) atoms. The molecular weight excluding hydrogens is 542 g/mol. The number of carbonyl (C=O) groups is 3. The molecule has 214 valence electrons. The summed E-state index contributed by atoms with van der Waals surface area (Å²) in [6, 6.07) is 7.13. The summed E-state index contributed by atoms with van der Waals surface area (Å²) in [6.45, 7) is 7.32. The van der Waals surface area contributed by atoms with Crippen LogP contribution < -0.4 is 25.6 Å². The molecule has 0 bridgehead atoms. The molecule has 3 aromatic rings. The maximum atomic E-state index is 13.6. The molecule has 3 aliphatic rings. The van der Waals surface area contributed by atoms with Gasteiger partial charge in [-0.1, -0.05) is 13.0 Å². The van der Waals surface area contributed by atoms with Gasteiger partial charge in [0.1, 0.15) is 21.6 Å². The third-order valence-corrected chi connectivity index (χ3v) is 9.13. The molecule has 4 amide bonds. The topological polar surface area (TPSA) is 122 Å². The van der Waals surface area contributed by atoms with Crippen LogP contribution in [-0.4, -0.2) is 54.7 Å². The highest BCUT2D eigenvalue weighted by Gasteiger charge is 2.35. The molecule has 2 fully saturated rings. The standard InChI is InChI=1S/C30H33N5O5S/c1-3-24(36)32-16-18-5-4-6-21(18)33-28(37)27-26-25-23(9-12-31-29(25)41-27)35(30(38)34-26)22-8-7-20(15-17(22)2)40-19-10-13-39-14-11-19/h3,7-9,12,15,18-19,21H,1,4-6,10-11,13-14,16H2,2H3,(H,32,36)(H,33,37)(H,34,38)/t18-,21-/m1/s1. The predicted octanol–water partition coefficient (Wildman–Crippen LogP) is 5.05. The highest BCUT2D eigenvalue weighted by Crippen LogP contribution is 2.46. The van der Waals surface area contributed by atoms with Gasteiger partial charge in [-0.05, 0) is 61.6 Å². The number of thiophene rings is 1. The highest BCUT2D eigenvalue weighted by molar-refractivity contribution is 7.21. The summed E-state index contributed by atoms with van der Waals surface area (Å²) >= 11 is 1.26. The van der Waals surface area contributed by atoms with Crippen molar-refractivity contribution in [1.82, 2.24) is 15.6 Å². The fourth-order valence-electron chi connectivity index (χ4n) is 5.93. The molecule has 0 unspecified atom stereocenters. The van der Waals surface area contributed by atoms with E-state index in [1.165, 1.54) is 17.4 Å². The number of nitrogens with one attached hydrogen (secondary N) is 3. The van der Waals surface area contributed by atoms with Gasteiger partial charge in [0.05, 0.1) is 35.7 Å². The normalized spacial score (nSPS) is 20.5. The number of hydrogen-bond acceptors (Lipinski definition) is 7. The monoisotopic (exact) mass is 575 g/mol. The Kier molecular flexibility index (Phi) is 7.63. The van der Waals surface area contributed by atoms with E-state index in [4.69, 9.17) is 9.47 Å². The molecule has 1 aliphatic carbocycles. The summed E-state index contributed by atoms with van der Waals surface area (Å²) < 4.78 is 11.6. The molecule has 0 radical (unpaired) electrons. The summed E-state index contributed by atoms with van der Waals surface area (Å²) in [6.07, 6.45) is 7.46. The van der Waals surface area contributed by atoms with Crippen LogP contribution in [0.2, 0.25) is 0 Å². The number of urea groups is 1. The first-order valence-corrected chi connectivity index (χ1v) is 14.8. The summed E-state index contributed by atoms with van der Waals surface area (Å²) in [5.41, 5.74) is 2.78. The van der Waals surface area contributed by atoms with Gasteiger partial charge in [-0.25, -0.2) is 9.78 Å². The molecule has 2 aliphatic heterocycles. The summed E-state index contributed by atoms with van der Waals surface area (Å²) in [4.78, 5) is 46.0. The van der Waals surface area contributed by atoms with Gasteiger partial charge < -0.3 is 25.4 Å². The quantitative estimate of drug-likeness (QED) is 0.323. The Balaban J connectivity index is 1.25. The average Bonchev–Trinajstić information content (AvgIpc) is 3.58. The van der Waals surface area contributed by atoms with Crippen molar-refractivity contribution in [2.45, 2.75) is 51.2 Å². The van der Waals surface area contributed by atoms with Crippen molar-refractivity contribution in [3.8, 4) is 5.75 Å². The van der Waals surface area contributed by atoms with E-state index in [0.29, 0.717) is 40.8 Å². The van der Waals surface area contributed by atoms with E-state index >= 15 is 0 Å². The second-order valence-corrected chi connectivity index (χ2v) is 11.7. The number of carbonyl (C=O) groups excluding carboxylic acids is 3. The molecule has 10 nitrogen and oxygen atoms in total. The number of amides is 4. The second kappa shape index (κ2) is 11.5. The smallest absolute Gasteiger partial charge is 0.331 e. The van der Waals surface area contributed by atoms with Crippen LogP contribution in [0, 0.1) is 12.8 Å². The molecule has 1 saturated carbocycles.